The van der Waals surface area contributed by atoms with Crippen LogP contribution in [0.25, 0.3) is 0 Å². The Labute approximate surface area is 130 Å². The van der Waals surface area contributed by atoms with E-state index in [1.54, 1.807) is 6.07 Å². The van der Waals surface area contributed by atoms with Crippen LogP contribution in [-0.4, -0.2) is 18.6 Å². The molecule has 0 aromatic heterocycles. The van der Waals surface area contributed by atoms with Gasteiger partial charge in [0.2, 0.25) is 0 Å². The van der Waals surface area contributed by atoms with Crippen LogP contribution in [-0.2, 0) is 4.79 Å². The van der Waals surface area contributed by atoms with Crippen LogP contribution in [0.3, 0.4) is 0 Å². The summed E-state index contributed by atoms with van der Waals surface area (Å²) in [4.78, 5) is 11.3. The molecule has 1 aliphatic carbocycles. The summed E-state index contributed by atoms with van der Waals surface area (Å²) in [6.45, 7) is 4.67. The van der Waals surface area contributed by atoms with Gasteiger partial charge in [0.05, 0.1) is 16.4 Å². The summed E-state index contributed by atoms with van der Waals surface area (Å²) in [5, 5.41) is 6.93. The molecule has 4 nitrogen and oxygen atoms in total. The van der Waals surface area contributed by atoms with Gasteiger partial charge in [-0.3, -0.25) is 4.79 Å². The highest BCUT2D eigenvalue weighted by molar-refractivity contribution is 6.33. The van der Waals surface area contributed by atoms with Gasteiger partial charge < -0.3 is 15.4 Å². The SMILES string of the molecule is CC1CC(C)CC(Nc2cc3c(cc2Cl)NC(=O)CO3)C1. The average Bonchev–Trinajstić information content (AvgIpc) is 2.38. The second-order valence-electron chi connectivity index (χ2n) is 6.42. The van der Waals surface area contributed by atoms with Crippen LogP contribution < -0.4 is 15.4 Å². The van der Waals surface area contributed by atoms with Crippen LogP contribution in [0, 0.1) is 11.8 Å². The van der Waals surface area contributed by atoms with E-state index in [-0.39, 0.29) is 12.5 Å². The van der Waals surface area contributed by atoms with Crippen molar-refractivity contribution in [1.29, 1.82) is 0 Å². The Morgan fingerprint density at radius 3 is 2.67 bits per heavy atom. The van der Waals surface area contributed by atoms with Gasteiger partial charge in [0.1, 0.15) is 5.75 Å². The number of rotatable bonds is 2. The number of halogens is 1. The Hall–Kier alpha value is -1.42. The van der Waals surface area contributed by atoms with Gasteiger partial charge in [-0.25, -0.2) is 0 Å². The minimum absolute atomic E-state index is 0.0611. The van der Waals surface area contributed by atoms with Crippen molar-refractivity contribution in [2.45, 2.75) is 39.2 Å². The Morgan fingerprint density at radius 2 is 1.95 bits per heavy atom. The first kappa shape index (κ1) is 14.5. The van der Waals surface area contributed by atoms with E-state index in [9.17, 15) is 4.79 Å². The minimum Gasteiger partial charge on any atom is -0.482 e. The maximum absolute atomic E-state index is 11.3. The van der Waals surface area contributed by atoms with Crippen molar-refractivity contribution in [3.05, 3.63) is 17.2 Å². The van der Waals surface area contributed by atoms with Crippen LogP contribution in [0.1, 0.15) is 33.1 Å². The predicted molar refractivity (Wildman–Crippen MR) is 85.2 cm³/mol. The Morgan fingerprint density at radius 1 is 1.24 bits per heavy atom. The molecule has 0 bridgehead atoms. The fraction of sp³-hybridized carbons (Fsp3) is 0.562. The van der Waals surface area contributed by atoms with Crippen molar-refractivity contribution in [3.63, 3.8) is 0 Å². The van der Waals surface area contributed by atoms with Crippen molar-refractivity contribution >= 4 is 28.9 Å². The van der Waals surface area contributed by atoms with E-state index in [0.717, 1.165) is 30.4 Å². The maximum atomic E-state index is 11.3. The smallest absolute Gasteiger partial charge is 0.262 e. The third kappa shape index (κ3) is 3.26. The highest BCUT2D eigenvalue weighted by atomic mass is 35.5. The summed E-state index contributed by atoms with van der Waals surface area (Å²) in [6.07, 6.45) is 3.62. The lowest BCUT2D eigenvalue weighted by Crippen LogP contribution is -2.30. The van der Waals surface area contributed by atoms with E-state index >= 15 is 0 Å². The molecule has 1 aliphatic heterocycles. The third-order valence-corrected chi connectivity index (χ3v) is 4.55. The molecular weight excluding hydrogens is 288 g/mol. The molecule has 114 valence electrons. The molecule has 0 spiro atoms. The molecule has 0 saturated heterocycles. The zero-order valence-electron chi connectivity index (χ0n) is 12.4. The summed E-state index contributed by atoms with van der Waals surface area (Å²) in [6, 6.07) is 4.09. The maximum Gasteiger partial charge on any atom is 0.262 e. The van der Waals surface area contributed by atoms with Crippen molar-refractivity contribution in [2.24, 2.45) is 11.8 Å². The van der Waals surface area contributed by atoms with Gasteiger partial charge in [0.15, 0.2) is 6.61 Å². The minimum atomic E-state index is -0.144. The van der Waals surface area contributed by atoms with Gasteiger partial charge in [0, 0.05) is 12.1 Å². The lowest BCUT2D eigenvalue weighted by molar-refractivity contribution is -0.118. The quantitative estimate of drug-likeness (QED) is 0.871. The first-order chi connectivity index (χ1) is 10.0. The molecule has 2 unspecified atom stereocenters. The number of benzene rings is 1. The number of ether oxygens (including phenoxy) is 1. The van der Waals surface area contributed by atoms with Gasteiger partial charge in [-0.05, 0) is 37.2 Å². The molecule has 2 atom stereocenters. The number of hydrogen-bond donors (Lipinski definition) is 2. The van der Waals surface area contributed by atoms with Crippen molar-refractivity contribution in [2.75, 3.05) is 17.2 Å². The lowest BCUT2D eigenvalue weighted by atomic mass is 9.80. The van der Waals surface area contributed by atoms with Gasteiger partial charge in [0.25, 0.3) is 5.91 Å². The fourth-order valence-electron chi connectivity index (χ4n) is 3.50. The standard InChI is InChI=1S/C16H21ClN2O2/c1-9-3-10(2)5-11(4-9)18-13-7-15-14(6-12(13)17)19-16(20)8-21-15/h6-7,9-11,18H,3-5,8H2,1-2H3,(H,19,20). The highest BCUT2D eigenvalue weighted by Crippen LogP contribution is 2.38. The first-order valence-corrected chi connectivity index (χ1v) is 7.91. The Bertz CT molecular complexity index is 551. The zero-order chi connectivity index (χ0) is 15.0. The summed E-state index contributed by atoms with van der Waals surface area (Å²) in [5.41, 5.74) is 1.53. The largest absolute Gasteiger partial charge is 0.482 e. The van der Waals surface area contributed by atoms with E-state index in [2.05, 4.69) is 24.5 Å². The van der Waals surface area contributed by atoms with E-state index in [4.69, 9.17) is 16.3 Å². The van der Waals surface area contributed by atoms with Crippen LogP contribution in [0.15, 0.2) is 12.1 Å². The Balaban J connectivity index is 1.78. The summed E-state index contributed by atoms with van der Waals surface area (Å²) in [7, 11) is 0. The molecule has 5 heteroatoms. The summed E-state index contributed by atoms with van der Waals surface area (Å²) < 4.78 is 5.45. The van der Waals surface area contributed by atoms with Gasteiger partial charge in [-0.2, -0.15) is 0 Å². The number of amides is 1. The van der Waals surface area contributed by atoms with Crippen LogP contribution >= 0.6 is 11.6 Å². The van der Waals surface area contributed by atoms with Crippen molar-refractivity contribution < 1.29 is 9.53 Å². The molecule has 0 radical (unpaired) electrons. The molecule has 1 amide bonds. The highest BCUT2D eigenvalue weighted by Gasteiger charge is 2.25. The summed E-state index contributed by atoms with van der Waals surface area (Å²) in [5.74, 6) is 2.00. The average molecular weight is 309 g/mol. The number of anilines is 2. The third-order valence-electron chi connectivity index (χ3n) is 4.24. The second-order valence-corrected chi connectivity index (χ2v) is 6.83. The number of carbonyl (C=O) groups is 1. The van der Waals surface area contributed by atoms with Gasteiger partial charge in [-0.15, -0.1) is 0 Å². The molecule has 1 aromatic rings. The van der Waals surface area contributed by atoms with E-state index in [1.165, 1.54) is 6.42 Å². The molecule has 2 N–H and O–H groups in total. The van der Waals surface area contributed by atoms with Crippen LogP contribution in [0.5, 0.6) is 5.75 Å². The van der Waals surface area contributed by atoms with E-state index in [1.807, 2.05) is 6.07 Å². The van der Waals surface area contributed by atoms with Gasteiger partial charge in [-0.1, -0.05) is 25.4 Å². The molecule has 1 aromatic carbocycles. The molecule has 1 saturated carbocycles. The number of nitrogens with one attached hydrogen (secondary N) is 2. The summed E-state index contributed by atoms with van der Waals surface area (Å²) >= 11 is 6.33. The monoisotopic (exact) mass is 308 g/mol. The predicted octanol–water partition coefficient (Wildman–Crippen LogP) is 3.91. The molecule has 1 fully saturated rings. The van der Waals surface area contributed by atoms with Crippen LogP contribution in [0.4, 0.5) is 11.4 Å². The second kappa shape index (κ2) is 5.76. The topological polar surface area (TPSA) is 50.4 Å². The first-order valence-electron chi connectivity index (χ1n) is 7.54. The van der Waals surface area contributed by atoms with E-state index in [0.29, 0.717) is 22.5 Å². The number of carbonyl (C=O) groups excluding carboxylic acids is 1. The number of hydrogen-bond acceptors (Lipinski definition) is 3. The molecule has 2 aliphatic rings. The molecule has 21 heavy (non-hydrogen) atoms. The van der Waals surface area contributed by atoms with Gasteiger partial charge >= 0.3 is 0 Å². The fourth-order valence-corrected chi connectivity index (χ4v) is 3.71. The zero-order valence-corrected chi connectivity index (χ0v) is 13.2. The van der Waals surface area contributed by atoms with Crippen LogP contribution in [0.2, 0.25) is 5.02 Å². The normalized spacial score (nSPS) is 28.3. The molecular formula is C16H21ClN2O2. The Kier molecular flexibility index (Phi) is 3.98. The number of fused-ring (bicyclic) bond motifs is 1. The van der Waals surface area contributed by atoms with E-state index < -0.39 is 0 Å². The molecule has 1 heterocycles. The van der Waals surface area contributed by atoms with Crippen molar-refractivity contribution in [3.8, 4) is 5.75 Å². The molecule has 3 rings (SSSR count). The lowest BCUT2D eigenvalue weighted by Gasteiger charge is -2.33. The van der Waals surface area contributed by atoms with Crippen molar-refractivity contribution in [1.82, 2.24) is 0 Å².